The minimum atomic E-state index is 0.119. The fraction of sp³-hybridized carbons (Fsp3) is 0.588. The fourth-order valence-electron chi connectivity index (χ4n) is 2.91. The summed E-state index contributed by atoms with van der Waals surface area (Å²) in [5.74, 6) is 2.87. The molecule has 4 nitrogen and oxygen atoms in total. The van der Waals surface area contributed by atoms with Crippen LogP contribution < -0.4 is 9.47 Å². The highest BCUT2D eigenvalue weighted by atomic mass is 32.2. The minimum Gasteiger partial charge on any atom is -0.454 e. The van der Waals surface area contributed by atoms with Crippen LogP contribution in [0.3, 0.4) is 0 Å². The third-order valence-corrected chi connectivity index (χ3v) is 5.40. The minimum absolute atomic E-state index is 0.119. The number of rotatable bonds is 6. The topological polar surface area (TPSA) is 38.8 Å². The number of nitrogens with zero attached hydrogens (tertiary/aromatic N) is 1. The van der Waals surface area contributed by atoms with Gasteiger partial charge in [-0.2, -0.15) is 0 Å². The number of hydrogen-bond donors (Lipinski definition) is 0. The average Bonchev–Trinajstić information content (AvgIpc) is 3.18. The zero-order valence-electron chi connectivity index (χ0n) is 13.0. The molecule has 2 heterocycles. The molecule has 1 aromatic rings. The first kappa shape index (κ1) is 15.5. The van der Waals surface area contributed by atoms with Gasteiger partial charge in [-0.15, -0.1) is 11.8 Å². The first-order chi connectivity index (χ1) is 10.8. The van der Waals surface area contributed by atoms with Crippen molar-refractivity contribution in [2.75, 3.05) is 19.1 Å². The van der Waals surface area contributed by atoms with Crippen molar-refractivity contribution in [2.45, 2.75) is 44.4 Å². The van der Waals surface area contributed by atoms with E-state index in [1.54, 1.807) is 0 Å². The van der Waals surface area contributed by atoms with Crippen LogP contribution in [0, 0.1) is 0 Å². The quantitative estimate of drug-likeness (QED) is 0.743. The molecular weight excluding hydrogens is 298 g/mol. The fourth-order valence-corrected chi connectivity index (χ4v) is 4.18. The van der Waals surface area contributed by atoms with E-state index in [0.29, 0.717) is 6.42 Å². The van der Waals surface area contributed by atoms with E-state index in [1.807, 2.05) is 34.9 Å². The first-order valence-electron chi connectivity index (χ1n) is 8.10. The van der Waals surface area contributed by atoms with E-state index >= 15 is 0 Å². The smallest absolute Gasteiger partial charge is 0.231 e. The Morgan fingerprint density at radius 1 is 1.27 bits per heavy atom. The van der Waals surface area contributed by atoms with E-state index in [-0.39, 0.29) is 18.1 Å². The van der Waals surface area contributed by atoms with Crippen LogP contribution in [-0.2, 0) is 4.79 Å². The summed E-state index contributed by atoms with van der Waals surface area (Å²) in [5, 5.41) is 0.119. The highest BCUT2D eigenvalue weighted by Crippen LogP contribution is 2.42. The molecule has 0 unspecified atom stereocenters. The summed E-state index contributed by atoms with van der Waals surface area (Å²) in [7, 11) is 0. The number of amides is 1. The molecule has 1 aromatic carbocycles. The Labute approximate surface area is 136 Å². The number of thioether (sulfide) groups is 1. The molecule has 1 atom stereocenters. The molecule has 3 rings (SSSR count). The van der Waals surface area contributed by atoms with E-state index < -0.39 is 0 Å². The van der Waals surface area contributed by atoms with Crippen molar-refractivity contribution in [2.24, 2.45) is 0 Å². The molecule has 1 amide bonds. The first-order valence-corrected chi connectivity index (χ1v) is 9.15. The van der Waals surface area contributed by atoms with Crippen molar-refractivity contribution < 1.29 is 14.3 Å². The van der Waals surface area contributed by atoms with E-state index in [4.69, 9.17) is 9.47 Å². The summed E-state index contributed by atoms with van der Waals surface area (Å²) >= 11 is 1.83. The van der Waals surface area contributed by atoms with E-state index in [1.165, 1.54) is 12.8 Å². The molecule has 0 aromatic heterocycles. The second-order valence-corrected chi connectivity index (χ2v) is 6.92. The number of benzene rings is 1. The highest BCUT2D eigenvalue weighted by Gasteiger charge is 2.31. The van der Waals surface area contributed by atoms with E-state index in [9.17, 15) is 4.79 Å². The van der Waals surface area contributed by atoms with Gasteiger partial charge in [-0.05, 0) is 24.1 Å². The van der Waals surface area contributed by atoms with Gasteiger partial charge in [-0.3, -0.25) is 4.79 Å². The Kier molecular flexibility index (Phi) is 5.13. The molecule has 0 spiro atoms. The Morgan fingerprint density at radius 2 is 2.14 bits per heavy atom. The summed E-state index contributed by atoms with van der Waals surface area (Å²) in [6.45, 7) is 3.32. The molecular formula is C17H23NO3S. The van der Waals surface area contributed by atoms with Crippen LogP contribution >= 0.6 is 11.8 Å². The molecule has 120 valence electrons. The summed E-state index contributed by atoms with van der Waals surface area (Å²) in [5.41, 5.74) is 1.13. The maximum absolute atomic E-state index is 12.5. The van der Waals surface area contributed by atoms with Gasteiger partial charge < -0.3 is 14.4 Å². The molecule has 0 radical (unpaired) electrons. The van der Waals surface area contributed by atoms with Gasteiger partial charge in [-0.25, -0.2) is 0 Å². The number of carbonyl (C=O) groups excluding carboxylic acids is 1. The van der Waals surface area contributed by atoms with Crippen molar-refractivity contribution in [1.29, 1.82) is 0 Å². The predicted octanol–water partition coefficient (Wildman–Crippen LogP) is 3.96. The van der Waals surface area contributed by atoms with Crippen LogP contribution in [0.4, 0.5) is 0 Å². The molecule has 1 saturated heterocycles. The molecule has 22 heavy (non-hydrogen) atoms. The van der Waals surface area contributed by atoms with Gasteiger partial charge >= 0.3 is 0 Å². The van der Waals surface area contributed by atoms with Crippen LogP contribution in [-0.4, -0.2) is 29.9 Å². The van der Waals surface area contributed by atoms with Crippen LogP contribution in [0.1, 0.15) is 50.0 Å². The van der Waals surface area contributed by atoms with Crippen LogP contribution in [0.5, 0.6) is 11.5 Å². The molecule has 2 aliphatic rings. The SMILES string of the molecule is CCCCCCC(=O)N1CCS[C@H]1c1ccc2c(c1)OCO2. The lowest BCUT2D eigenvalue weighted by Gasteiger charge is -2.24. The van der Waals surface area contributed by atoms with Gasteiger partial charge in [0.15, 0.2) is 11.5 Å². The molecule has 0 N–H and O–H groups in total. The zero-order valence-corrected chi connectivity index (χ0v) is 13.9. The third-order valence-electron chi connectivity index (χ3n) is 4.14. The van der Waals surface area contributed by atoms with Gasteiger partial charge in [0.25, 0.3) is 0 Å². The van der Waals surface area contributed by atoms with E-state index in [0.717, 1.165) is 42.2 Å². The lowest BCUT2D eigenvalue weighted by molar-refractivity contribution is -0.131. The summed E-state index contributed by atoms with van der Waals surface area (Å²) in [6, 6.07) is 6.01. The summed E-state index contributed by atoms with van der Waals surface area (Å²) in [4.78, 5) is 14.5. The van der Waals surface area contributed by atoms with Crippen LogP contribution in [0.2, 0.25) is 0 Å². The second kappa shape index (κ2) is 7.27. The van der Waals surface area contributed by atoms with Crippen molar-refractivity contribution in [3.8, 4) is 11.5 Å². The van der Waals surface area contributed by atoms with Crippen LogP contribution in [0.25, 0.3) is 0 Å². The maximum Gasteiger partial charge on any atom is 0.231 e. The molecule has 0 saturated carbocycles. The lowest BCUT2D eigenvalue weighted by atomic mass is 10.1. The average molecular weight is 321 g/mol. The van der Waals surface area contributed by atoms with Crippen molar-refractivity contribution in [1.82, 2.24) is 4.90 Å². The number of carbonyl (C=O) groups is 1. The Bertz CT molecular complexity index is 535. The van der Waals surface area contributed by atoms with E-state index in [2.05, 4.69) is 6.92 Å². The maximum atomic E-state index is 12.5. The largest absolute Gasteiger partial charge is 0.454 e. The Balaban J connectivity index is 1.64. The number of fused-ring (bicyclic) bond motifs is 1. The van der Waals surface area contributed by atoms with Gasteiger partial charge in [0, 0.05) is 18.7 Å². The monoisotopic (exact) mass is 321 g/mol. The molecule has 0 bridgehead atoms. The van der Waals surface area contributed by atoms with Gasteiger partial charge in [0.1, 0.15) is 5.37 Å². The normalized spacial score (nSPS) is 19.7. The molecule has 1 fully saturated rings. The van der Waals surface area contributed by atoms with Gasteiger partial charge in [0.2, 0.25) is 12.7 Å². The predicted molar refractivity (Wildman–Crippen MR) is 88.2 cm³/mol. The van der Waals surface area contributed by atoms with Crippen LogP contribution in [0.15, 0.2) is 18.2 Å². The number of ether oxygens (including phenoxy) is 2. The summed E-state index contributed by atoms with van der Waals surface area (Å²) < 4.78 is 10.8. The molecule has 5 heteroatoms. The standard InChI is InChI=1S/C17H23NO3S/c1-2-3-4-5-6-16(19)18-9-10-22-17(18)13-7-8-14-15(11-13)21-12-20-14/h7-8,11,17H,2-6,9-10,12H2,1H3/t17-/m0/s1. The van der Waals surface area contributed by atoms with Crippen molar-refractivity contribution in [3.05, 3.63) is 23.8 Å². The highest BCUT2D eigenvalue weighted by molar-refractivity contribution is 7.99. The Morgan fingerprint density at radius 3 is 3.00 bits per heavy atom. The molecule has 2 aliphatic heterocycles. The number of unbranched alkanes of at least 4 members (excludes halogenated alkanes) is 3. The Hall–Kier alpha value is -1.36. The molecule has 0 aliphatic carbocycles. The third kappa shape index (κ3) is 3.35. The lowest BCUT2D eigenvalue weighted by Crippen LogP contribution is -2.30. The van der Waals surface area contributed by atoms with Crippen molar-refractivity contribution >= 4 is 17.7 Å². The second-order valence-electron chi connectivity index (χ2n) is 5.73. The van der Waals surface area contributed by atoms with Gasteiger partial charge in [-0.1, -0.05) is 32.3 Å². The zero-order chi connectivity index (χ0) is 15.4. The summed E-state index contributed by atoms with van der Waals surface area (Å²) in [6.07, 6.45) is 5.24. The number of hydrogen-bond acceptors (Lipinski definition) is 4. The van der Waals surface area contributed by atoms with Gasteiger partial charge in [0.05, 0.1) is 0 Å². The van der Waals surface area contributed by atoms with Crippen molar-refractivity contribution in [3.63, 3.8) is 0 Å².